The lowest BCUT2D eigenvalue weighted by atomic mass is 9.66. The number of nitrogens with one attached hydrogen (secondary N) is 1. The van der Waals surface area contributed by atoms with E-state index in [4.69, 9.17) is 10.5 Å². The van der Waals surface area contributed by atoms with Gasteiger partial charge in [-0.15, -0.1) is 0 Å². The molecule has 4 amide bonds. The van der Waals surface area contributed by atoms with Gasteiger partial charge in [0.1, 0.15) is 11.8 Å². The fourth-order valence-corrected chi connectivity index (χ4v) is 9.12. The van der Waals surface area contributed by atoms with E-state index in [2.05, 4.69) is 31.2 Å². The Labute approximate surface area is 297 Å². The fourth-order valence-electron chi connectivity index (χ4n) is 9.12. The molecule has 3 aromatic rings. The number of methoxy groups -OCH3 is 1. The number of fused-ring (bicyclic) bond motifs is 1. The minimum atomic E-state index is -0.956. The molecule has 3 N–H and O–H groups in total. The van der Waals surface area contributed by atoms with E-state index < -0.39 is 23.8 Å². The molecule has 1 aromatic heterocycles. The van der Waals surface area contributed by atoms with Crippen LogP contribution >= 0.6 is 0 Å². The van der Waals surface area contributed by atoms with Crippen LogP contribution in [0.5, 0.6) is 5.75 Å². The van der Waals surface area contributed by atoms with Crippen LogP contribution < -0.4 is 25.6 Å². The Morgan fingerprint density at radius 3 is 2.24 bits per heavy atom. The van der Waals surface area contributed by atoms with Crippen molar-refractivity contribution >= 4 is 40.7 Å². The number of hydrogen-bond acceptors (Lipinski definition) is 10. The number of imide groups is 2. The monoisotopic (exact) mass is 694 g/mol. The average molecular weight is 695 g/mol. The van der Waals surface area contributed by atoms with E-state index in [0.717, 1.165) is 66.7 Å². The van der Waals surface area contributed by atoms with Crippen LogP contribution in [-0.2, 0) is 16.6 Å². The van der Waals surface area contributed by atoms with E-state index in [9.17, 15) is 19.2 Å². The number of amides is 4. The predicted molar refractivity (Wildman–Crippen MR) is 193 cm³/mol. The second-order valence-electron chi connectivity index (χ2n) is 14.9. The normalized spacial score (nSPS) is 22.9. The second-order valence-corrected chi connectivity index (χ2v) is 14.9. The molecule has 13 nitrogen and oxygen atoms in total. The van der Waals surface area contributed by atoms with Gasteiger partial charge in [-0.05, 0) is 74.6 Å². The third-order valence-electron chi connectivity index (χ3n) is 12.2. The van der Waals surface area contributed by atoms with Crippen LogP contribution in [0.1, 0.15) is 72.1 Å². The number of piperidine rings is 2. The molecule has 4 fully saturated rings. The molecule has 51 heavy (non-hydrogen) atoms. The van der Waals surface area contributed by atoms with Gasteiger partial charge in [0.2, 0.25) is 11.8 Å². The molecular weight excluding hydrogens is 648 g/mol. The van der Waals surface area contributed by atoms with Crippen LogP contribution in [0.25, 0.3) is 11.1 Å². The SMILES string of the molecule is COc1cc(N2CCC3(CCC(N4CCN(c5ccc6c(c5)C(=O)N(C5CCC(=O)NC5=O)C6=O)CC4)CC3)CC2)c(-c2cnn(C)c2)cc1N. The molecule has 3 saturated heterocycles. The van der Waals surface area contributed by atoms with E-state index >= 15 is 0 Å². The number of nitrogens with two attached hydrogens (primary N) is 1. The molecule has 0 radical (unpaired) electrons. The van der Waals surface area contributed by atoms with Crippen LogP contribution in [0.4, 0.5) is 17.1 Å². The zero-order valence-corrected chi connectivity index (χ0v) is 29.4. The molecule has 8 rings (SSSR count). The summed E-state index contributed by atoms with van der Waals surface area (Å²) < 4.78 is 7.43. The zero-order chi connectivity index (χ0) is 35.4. The van der Waals surface area contributed by atoms with Gasteiger partial charge in [-0.2, -0.15) is 5.10 Å². The summed E-state index contributed by atoms with van der Waals surface area (Å²) in [6.07, 6.45) is 11.4. The van der Waals surface area contributed by atoms with Crippen molar-refractivity contribution in [1.29, 1.82) is 0 Å². The molecule has 0 bridgehead atoms. The van der Waals surface area contributed by atoms with Crippen molar-refractivity contribution in [3.05, 3.63) is 53.9 Å². The first-order valence-corrected chi connectivity index (χ1v) is 18.2. The third kappa shape index (κ3) is 6.00. The molecule has 1 spiro atoms. The number of carbonyl (C=O) groups excluding carboxylic acids is 4. The van der Waals surface area contributed by atoms with Gasteiger partial charge in [-0.1, -0.05) is 0 Å². The number of aromatic nitrogens is 2. The van der Waals surface area contributed by atoms with Crippen molar-refractivity contribution in [1.82, 2.24) is 24.9 Å². The molecule has 13 heteroatoms. The first-order valence-electron chi connectivity index (χ1n) is 18.2. The molecule has 5 aliphatic rings. The maximum atomic E-state index is 13.4. The van der Waals surface area contributed by atoms with Crippen molar-refractivity contribution in [2.24, 2.45) is 12.5 Å². The highest BCUT2D eigenvalue weighted by Gasteiger charge is 2.45. The predicted octanol–water partition coefficient (Wildman–Crippen LogP) is 3.43. The number of carbonyl (C=O) groups is 4. The van der Waals surface area contributed by atoms with Crippen molar-refractivity contribution < 1.29 is 23.9 Å². The lowest BCUT2D eigenvalue weighted by molar-refractivity contribution is -0.136. The largest absolute Gasteiger partial charge is 0.495 e. The van der Waals surface area contributed by atoms with E-state index in [-0.39, 0.29) is 18.7 Å². The number of benzene rings is 2. The Balaban J connectivity index is 0.859. The summed E-state index contributed by atoms with van der Waals surface area (Å²) in [5.74, 6) is -1.20. The quantitative estimate of drug-likeness (QED) is 0.291. The number of nitrogen functional groups attached to an aromatic ring is 1. The highest BCUT2D eigenvalue weighted by molar-refractivity contribution is 6.23. The molecule has 1 atom stereocenters. The molecule has 1 saturated carbocycles. The minimum Gasteiger partial charge on any atom is -0.495 e. The summed E-state index contributed by atoms with van der Waals surface area (Å²) >= 11 is 0. The zero-order valence-electron chi connectivity index (χ0n) is 29.4. The molecule has 5 heterocycles. The Morgan fingerprint density at radius 2 is 1.57 bits per heavy atom. The average Bonchev–Trinajstić information content (AvgIpc) is 3.68. The van der Waals surface area contributed by atoms with Gasteiger partial charge in [0.15, 0.2) is 0 Å². The fraction of sp³-hybridized carbons (Fsp3) is 0.500. The van der Waals surface area contributed by atoms with Gasteiger partial charge in [0.25, 0.3) is 11.8 Å². The molecule has 268 valence electrons. The summed E-state index contributed by atoms with van der Waals surface area (Å²) in [6.45, 7) is 5.60. The Morgan fingerprint density at radius 1 is 0.843 bits per heavy atom. The van der Waals surface area contributed by atoms with Gasteiger partial charge in [0.05, 0.1) is 30.1 Å². The molecule has 4 aliphatic heterocycles. The molecule has 1 aliphatic carbocycles. The van der Waals surface area contributed by atoms with Crippen molar-refractivity contribution in [3.63, 3.8) is 0 Å². The highest BCUT2D eigenvalue weighted by atomic mass is 16.5. The molecule has 1 unspecified atom stereocenters. The summed E-state index contributed by atoms with van der Waals surface area (Å²) in [5.41, 5.74) is 12.2. The summed E-state index contributed by atoms with van der Waals surface area (Å²) in [6, 6.07) is 9.14. The number of piperazine rings is 1. The van der Waals surface area contributed by atoms with E-state index in [1.807, 2.05) is 36.3 Å². The maximum absolute atomic E-state index is 13.4. The number of ether oxygens (including phenoxy) is 1. The summed E-state index contributed by atoms with van der Waals surface area (Å²) in [4.78, 5) is 59.0. The number of rotatable bonds is 6. The topological polar surface area (TPSA) is 146 Å². The van der Waals surface area contributed by atoms with Gasteiger partial charge >= 0.3 is 0 Å². The van der Waals surface area contributed by atoms with Crippen LogP contribution in [0, 0.1) is 5.41 Å². The lowest BCUT2D eigenvalue weighted by Crippen LogP contribution is -2.54. The minimum absolute atomic E-state index is 0.106. The van der Waals surface area contributed by atoms with Gasteiger partial charge in [-0.25, -0.2) is 0 Å². The number of anilines is 3. The van der Waals surface area contributed by atoms with E-state index in [0.29, 0.717) is 34.0 Å². The van der Waals surface area contributed by atoms with Crippen molar-refractivity contribution in [2.75, 3.05) is 61.9 Å². The highest BCUT2D eigenvalue weighted by Crippen LogP contribution is 2.48. The van der Waals surface area contributed by atoms with Crippen LogP contribution in [0.3, 0.4) is 0 Å². The Bertz CT molecular complexity index is 1880. The maximum Gasteiger partial charge on any atom is 0.262 e. The molecular formula is C38H46N8O5. The number of hydrogen-bond donors (Lipinski definition) is 2. The van der Waals surface area contributed by atoms with E-state index in [1.165, 1.54) is 38.5 Å². The van der Waals surface area contributed by atoms with Crippen LogP contribution in [-0.4, -0.2) is 102 Å². The first kappa shape index (κ1) is 33.2. The summed E-state index contributed by atoms with van der Waals surface area (Å²) in [5, 5.41) is 6.66. The lowest BCUT2D eigenvalue weighted by Gasteiger charge is -2.49. The Kier molecular flexibility index (Phi) is 8.48. The van der Waals surface area contributed by atoms with Crippen molar-refractivity contribution in [3.8, 4) is 16.9 Å². The summed E-state index contributed by atoms with van der Waals surface area (Å²) in [7, 11) is 3.60. The number of nitrogens with zero attached hydrogens (tertiary/aromatic N) is 6. The second kappa shape index (κ2) is 13.0. The van der Waals surface area contributed by atoms with Crippen LogP contribution in [0.15, 0.2) is 42.7 Å². The Hall–Kier alpha value is -4.91. The van der Waals surface area contributed by atoms with Crippen molar-refractivity contribution in [2.45, 2.75) is 63.5 Å². The first-order chi connectivity index (χ1) is 24.6. The smallest absolute Gasteiger partial charge is 0.262 e. The third-order valence-corrected chi connectivity index (χ3v) is 12.2. The van der Waals surface area contributed by atoms with E-state index in [1.54, 1.807) is 19.2 Å². The van der Waals surface area contributed by atoms with Gasteiger partial charge in [-0.3, -0.25) is 39.0 Å². The van der Waals surface area contributed by atoms with Gasteiger partial charge < -0.3 is 20.3 Å². The van der Waals surface area contributed by atoms with Crippen LogP contribution in [0.2, 0.25) is 0 Å². The molecule has 2 aromatic carbocycles. The van der Waals surface area contributed by atoms with Gasteiger partial charge in [0, 0.05) is 93.5 Å². The standard InChI is InChI=1S/C38H46N8O5/c1-42-23-24(22-40-42)28-20-30(39)33(51-2)21-32(28)45-13-11-38(12-14-45)9-7-25(8-10-38)43-15-17-44(18-16-43)26-3-4-27-29(19-26)37(50)46(36(27)49)31-5-6-34(47)41-35(31)48/h3-4,19-23,25,31H,5-18,39H2,1-2H3,(H,41,47,48). The number of aryl methyl sites for hydroxylation is 1.